The molecule has 0 spiro atoms. The second-order valence-corrected chi connectivity index (χ2v) is 9.58. The van der Waals surface area contributed by atoms with Gasteiger partial charge in [-0.05, 0) is 37.3 Å². The molecule has 1 aliphatic heterocycles. The summed E-state index contributed by atoms with van der Waals surface area (Å²) in [5.74, 6) is 0.0720. The van der Waals surface area contributed by atoms with Crippen molar-refractivity contribution in [2.75, 3.05) is 13.7 Å². The van der Waals surface area contributed by atoms with Crippen LogP contribution in [0.25, 0.3) is 0 Å². The number of amides is 2. The lowest BCUT2D eigenvalue weighted by atomic mass is 9.94. The molecule has 36 heavy (non-hydrogen) atoms. The molecule has 1 heterocycles. The summed E-state index contributed by atoms with van der Waals surface area (Å²) in [5, 5.41) is 0. The molecule has 0 unspecified atom stereocenters. The van der Waals surface area contributed by atoms with Crippen molar-refractivity contribution in [1.29, 1.82) is 0 Å². The molecule has 0 aliphatic carbocycles. The summed E-state index contributed by atoms with van der Waals surface area (Å²) in [7, 11) is 1.86. The number of Topliss-reactive ketones (excluding diaryl/α,β-unsaturated/α-hetero) is 1. The summed E-state index contributed by atoms with van der Waals surface area (Å²) in [5.41, 5.74) is 2.96. The molecule has 4 rings (SSSR count). The molecule has 5 heteroatoms. The first kappa shape index (κ1) is 25.6. The number of carbonyl (C=O) groups excluding carboxylic acids is 2. The van der Waals surface area contributed by atoms with Gasteiger partial charge < -0.3 is 14.5 Å². The Morgan fingerprint density at radius 3 is 2.17 bits per heavy atom. The SMILES string of the molecule is C[C@H]1[C@@H](c2ccccc2)N([C@H](CCCCOCc2ccccc2)CC(=O)c2ccccc2)C(=O)N1C. The van der Waals surface area contributed by atoms with E-state index >= 15 is 0 Å². The molecule has 1 aliphatic rings. The first-order chi connectivity index (χ1) is 17.6. The lowest BCUT2D eigenvalue weighted by Gasteiger charge is -2.33. The maximum absolute atomic E-state index is 13.5. The van der Waals surface area contributed by atoms with Crippen molar-refractivity contribution in [1.82, 2.24) is 9.80 Å². The quantitative estimate of drug-likeness (QED) is 0.217. The molecule has 188 valence electrons. The van der Waals surface area contributed by atoms with Crippen molar-refractivity contribution in [3.05, 3.63) is 108 Å². The monoisotopic (exact) mass is 484 g/mol. The van der Waals surface area contributed by atoms with Crippen molar-refractivity contribution in [2.24, 2.45) is 0 Å². The number of carbonyl (C=O) groups is 2. The number of urea groups is 1. The third kappa shape index (κ3) is 6.21. The maximum Gasteiger partial charge on any atom is 0.320 e. The van der Waals surface area contributed by atoms with Gasteiger partial charge in [0.25, 0.3) is 0 Å². The smallest absolute Gasteiger partial charge is 0.320 e. The van der Waals surface area contributed by atoms with Gasteiger partial charge in [0.05, 0.1) is 18.7 Å². The van der Waals surface area contributed by atoms with Crippen LogP contribution < -0.4 is 0 Å². The van der Waals surface area contributed by atoms with E-state index in [9.17, 15) is 9.59 Å². The van der Waals surface area contributed by atoms with Gasteiger partial charge in [0, 0.05) is 31.7 Å². The molecular formula is C31H36N2O3. The van der Waals surface area contributed by atoms with Crippen LogP contribution in [0.1, 0.15) is 60.1 Å². The molecule has 0 radical (unpaired) electrons. The number of ether oxygens (including phenoxy) is 1. The van der Waals surface area contributed by atoms with Gasteiger partial charge in [-0.1, -0.05) is 91.0 Å². The third-order valence-corrected chi connectivity index (χ3v) is 7.13. The van der Waals surface area contributed by atoms with Crippen LogP contribution in [0.4, 0.5) is 4.79 Å². The molecule has 0 saturated carbocycles. The summed E-state index contributed by atoms with van der Waals surface area (Å²) >= 11 is 0. The van der Waals surface area contributed by atoms with Gasteiger partial charge >= 0.3 is 6.03 Å². The first-order valence-corrected chi connectivity index (χ1v) is 12.9. The highest BCUT2D eigenvalue weighted by atomic mass is 16.5. The van der Waals surface area contributed by atoms with Crippen LogP contribution in [0.5, 0.6) is 0 Å². The number of nitrogens with zero attached hydrogens (tertiary/aromatic N) is 2. The minimum absolute atomic E-state index is 0.0115. The molecule has 3 aromatic rings. The minimum atomic E-state index is -0.183. The Kier molecular flexibility index (Phi) is 8.90. The zero-order valence-electron chi connectivity index (χ0n) is 21.3. The van der Waals surface area contributed by atoms with Crippen LogP contribution in [-0.4, -0.2) is 47.4 Å². The van der Waals surface area contributed by atoms with Gasteiger partial charge in [0.1, 0.15) is 0 Å². The van der Waals surface area contributed by atoms with Crippen LogP contribution >= 0.6 is 0 Å². The molecular weight excluding hydrogens is 448 g/mol. The van der Waals surface area contributed by atoms with Crippen molar-refractivity contribution in [2.45, 2.75) is 57.3 Å². The largest absolute Gasteiger partial charge is 0.377 e. The summed E-state index contributed by atoms with van der Waals surface area (Å²) in [6.45, 7) is 3.34. The fourth-order valence-corrected chi connectivity index (χ4v) is 5.04. The topological polar surface area (TPSA) is 49.9 Å². The zero-order valence-corrected chi connectivity index (χ0v) is 21.3. The van der Waals surface area contributed by atoms with Gasteiger partial charge in [-0.2, -0.15) is 0 Å². The number of hydrogen-bond acceptors (Lipinski definition) is 3. The van der Waals surface area contributed by atoms with Crippen LogP contribution in [0.15, 0.2) is 91.0 Å². The highest BCUT2D eigenvalue weighted by molar-refractivity contribution is 5.96. The van der Waals surface area contributed by atoms with Crippen molar-refractivity contribution >= 4 is 11.8 Å². The molecule has 3 atom stereocenters. The van der Waals surface area contributed by atoms with E-state index < -0.39 is 0 Å². The average Bonchev–Trinajstić information content (AvgIpc) is 3.15. The molecule has 0 N–H and O–H groups in total. The van der Waals surface area contributed by atoms with Crippen LogP contribution in [-0.2, 0) is 11.3 Å². The molecule has 1 saturated heterocycles. The zero-order chi connectivity index (χ0) is 25.3. The Morgan fingerprint density at radius 1 is 0.889 bits per heavy atom. The predicted molar refractivity (Wildman–Crippen MR) is 143 cm³/mol. The van der Waals surface area contributed by atoms with Gasteiger partial charge in [-0.15, -0.1) is 0 Å². The van der Waals surface area contributed by atoms with Crippen LogP contribution in [0.3, 0.4) is 0 Å². The van der Waals surface area contributed by atoms with E-state index in [1.54, 1.807) is 4.90 Å². The summed E-state index contributed by atoms with van der Waals surface area (Å²) < 4.78 is 5.87. The summed E-state index contributed by atoms with van der Waals surface area (Å²) in [4.78, 5) is 30.5. The highest BCUT2D eigenvalue weighted by Gasteiger charge is 2.45. The second kappa shape index (κ2) is 12.5. The number of rotatable bonds is 12. The Balaban J connectivity index is 1.46. The molecule has 0 aromatic heterocycles. The normalized spacial score (nSPS) is 18.4. The lowest BCUT2D eigenvalue weighted by molar-refractivity contribution is 0.0906. The van der Waals surface area contributed by atoms with Crippen molar-refractivity contribution in [3.8, 4) is 0 Å². The molecule has 0 bridgehead atoms. The number of likely N-dealkylation sites (N-methyl/N-ethyl adjacent to an activating group) is 1. The summed E-state index contributed by atoms with van der Waals surface area (Å²) in [6.07, 6.45) is 2.82. The molecule has 3 aromatic carbocycles. The van der Waals surface area contributed by atoms with Crippen molar-refractivity contribution in [3.63, 3.8) is 0 Å². The predicted octanol–water partition coefficient (Wildman–Crippen LogP) is 6.51. The number of benzene rings is 3. The number of unbranched alkanes of at least 4 members (excludes halogenated alkanes) is 1. The fourth-order valence-electron chi connectivity index (χ4n) is 5.04. The van der Waals surface area contributed by atoms with Crippen LogP contribution in [0.2, 0.25) is 0 Å². The molecule has 2 amide bonds. The standard InChI is InChI=1S/C31H36N2O3/c1-24-30(27-18-10-5-11-19-27)33(31(35)32(24)2)28(22-29(34)26-16-8-4-9-17-26)20-12-13-21-36-23-25-14-6-3-7-15-25/h3-11,14-19,24,28,30H,12-13,20-23H2,1-2H3/t24-,28+,30-/m0/s1. The molecule has 5 nitrogen and oxygen atoms in total. The van der Waals surface area contributed by atoms with Crippen molar-refractivity contribution < 1.29 is 14.3 Å². The Morgan fingerprint density at radius 2 is 1.50 bits per heavy atom. The van der Waals surface area contributed by atoms with E-state index in [1.165, 1.54) is 0 Å². The van der Waals surface area contributed by atoms with Gasteiger partial charge in [0.2, 0.25) is 0 Å². The summed E-state index contributed by atoms with van der Waals surface area (Å²) in [6, 6.07) is 29.4. The van der Waals surface area contributed by atoms with E-state index in [0.29, 0.717) is 25.2 Å². The van der Waals surface area contributed by atoms with E-state index in [1.807, 2.05) is 78.7 Å². The Bertz CT molecular complexity index is 1100. The van der Waals surface area contributed by atoms with E-state index in [0.717, 1.165) is 30.4 Å². The van der Waals surface area contributed by atoms with E-state index in [4.69, 9.17) is 4.74 Å². The lowest BCUT2D eigenvalue weighted by Crippen LogP contribution is -2.41. The van der Waals surface area contributed by atoms with Gasteiger partial charge in [-0.25, -0.2) is 4.79 Å². The highest BCUT2D eigenvalue weighted by Crippen LogP contribution is 2.38. The fraction of sp³-hybridized carbons (Fsp3) is 0.355. The Hall–Kier alpha value is -3.44. The van der Waals surface area contributed by atoms with Gasteiger partial charge in [-0.3, -0.25) is 4.79 Å². The second-order valence-electron chi connectivity index (χ2n) is 9.58. The Labute approximate surface area is 214 Å². The van der Waals surface area contributed by atoms with Crippen LogP contribution in [0, 0.1) is 0 Å². The number of ketones is 1. The first-order valence-electron chi connectivity index (χ1n) is 12.9. The maximum atomic E-state index is 13.5. The third-order valence-electron chi connectivity index (χ3n) is 7.13. The minimum Gasteiger partial charge on any atom is -0.377 e. The average molecular weight is 485 g/mol. The number of hydrogen-bond donors (Lipinski definition) is 0. The molecule has 1 fully saturated rings. The van der Waals surface area contributed by atoms with Gasteiger partial charge in [0.15, 0.2) is 5.78 Å². The van der Waals surface area contributed by atoms with E-state index in [2.05, 4.69) is 31.2 Å². The van der Waals surface area contributed by atoms with E-state index in [-0.39, 0.29) is 29.9 Å².